The number of carbonyl (C=O) groups excluding carboxylic acids is 2. The van der Waals surface area contributed by atoms with Crippen molar-refractivity contribution in [2.75, 3.05) is 6.61 Å². The van der Waals surface area contributed by atoms with E-state index in [2.05, 4.69) is 13.8 Å². The van der Waals surface area contributed by atoms with Gasteiger partial charge in [-0.15, -0.1) is 0 Å². The normalized spacial score (nSPS) is 13.9. The van der Waals surface area contributed by atoms with Gasteiger partial charge in [0, 0.05) is 12.3 Å². The molecule has 0 amide bonds. The highest BCUT2D eigenvalue weighted by atomic mass is 16.5. The maximum atomic E-state index is 12.2. The molecule has 0 heterocycles. The smallest absolute Gasteiger partial charge is 0.309 e. The molecule has 2 atom stereocenters. The van der Waals surface area contributed by atoms with E-state index < -0.39 is 0 Å². The standard InChI is InChI=1S/C16H30O3/c1-5-9-12-19-16(18)14(11-7-3)13(10-6-2)15(17)8-4/h13-14H,5-12H2,1-4H3. The fourth-order valence-corrected chi connectivity index (χ4v) is 2.38. The average molecular weight is 270 g/mol. The molecule has 0 aromatic carbocycles. The summed E-state index contributed by atoms with van der Waals surface area (Å²) in [4.78, 5) is 24.2. The Morgan fingerprint density at radius 1 is 0.895 bits per heavy atom. The highest BCUT2D eigenvalue weighted by Crippen LogP contribution is 2.26. The molecule has 0 spiro atoms. The van der Waals surface area contributed by atoms with Crippen molar-refractivity contribution < 1.29 is 14.3 Å². The maximum absolute atomic E-state index is 12.2. The van der Waals surface area contributed by atoms with Crippen LogP contribution in [0.25, 0.3) is 0 Å². The van der Waals surface area contributed by atoms with E-state index in [0.717, 1.165) is 38.5 Å². The molecule has 0 bridgehead atoms. The Kier molecular flexibility index (Phi) is 10.5. The summed E-state index contributed by atoms with van der Waals surface area (Å²) in [6.07, 6.45) is 5.79. The van der Waals surface area contributed by atoms with Crippen molar-refractivity contribution in [2.45, 2.75) is 72.6 Å². The molecular formula is C16H30O3. The summed E-state index contributed by atoms with van der Waals surface area (Å²) in [6, 6.07) is 0. The van der Waals surface area contributed by atoms with Crippen LogP contribution in [0.15, 0.2) is 0 Å². The monoisotopic (exact) mass is 270 g/mol. The number of esters is 1. The summed E-state index contributed by atoms with van der Waals surface area (Å²) < 4.78 is 5.33. The van der Waals surface area contributed by atoms with Crippen LogP contribution in [0, 0.1) is 11.8 Å². The summed E-state index contributed by atoms with van der Waals surface area (Å²) in [5.74, 6) is -0.360. The second-order valence-corrected chi connectivity index (χ2v) is 5.13. The van der Waals surface area contributed by atoms with Crippen molar-refractivity contribution in [3.05, 3.63) is 0 Å². The minimum absolute atomic E-state index is 0.149. The van der Waals surface area contributed by atoms with Gasteiger partial charge in [0.2, 0.25) is 0 Å². The van der Waals surface area contributed by atoms with Crippen molar-refractivity contribution in [3.63, 3.8) is 0 Å². The maximum Gasteiger partial charge on any atom is 0.309 e. The van der Waals surface area contributed by atoms with Gasteiger partial charge < -0.3 is 4.74 Å². The van der Waals surface area contributed by atoms with Crippen molar-refractivity contribution in [1.82, 2.24) is 0 Å². The quantitative estimate of drug-likeness (QED) is 0.418. The van der Waals surface area contributed by atoms with Gasteiger partial charge in [-0.1, -0.05) is 47.0 Å². The zero-order valence-corrected chi connectivity index (χ0v) is 13.0. The first-order valence-corrected chi connectivity index (χ1v) is 7.81. The molecule has 0 saturated heterocycles. The first-order valence-electron chi connectivity index (χ1n) is 7.81. The van der Waals surface area contributed by atoms with E-state index in [1.807, 2.05) is 13.8 Å². The lowest BCUT2D eigenvalue weighted by molar-refractivity contribution is -0.153. The third-order valence-electron chi connectivity index (χ3n) is 3.49. The van der Waals surface area contributed by atoms with E-state index in [1.165, 1.54) is 0 Å². The number of unbranched alkanes of at least 4 members (excludes halogenated alkanes) is 1. The molecule has 0 rings (SSSR count). The SMILES string of the molecule is CCCCOC(=O)C(CCC)C(CCC)C(=O)CC. The zero-order valence-electron chi connectivity index (χ0n) is 13.0. The minimum Gasteiger partial charge on any atom is -0.465 e. The van der Waals surface area contributed by atoms with E-state index >= 15 is 0 Å². The van der Waals surface area contributed by atoms with Crippen LogP contribution in [-0.2, 0) is 14.3 Å². The fourth-order valence-electron chi connectivity index (χ4n) is 2.38. The van der Waals surface area contributed by atoms with Crippen LogP contribution in [0.4, 0.5) is 0 Å². The van der Waals surface area contributed by atoms with Gasteiger partial charge in [0.05, 0.1) is 12.5 Å². The van der Waals surface area contributed by atoms with E-state index in [0.29, 0.717) is 13.0 Å². The first kappa shape index (κ1) is 18.1. The van der Waals surface area contributed by atoms with Gasteiger partial charge >= 0.3 is 5.97 Å². The number of rotatable bonds is 11. The van der Waals surface area contributed by atoms with E-state index in [4.69, 9.17) is 4.74 Å². The van der Waals surface area contributed by atoms with E-state index in [-0.39, 0.29) is 23.6 Å². The molecule has 112 valence electrons. The topological polar surface area (TPSA) is 43.4 Å². The molecule has 0 aliphatic rings. The Hall–Kier alpha value is -0.860. The lowest BCUT2D eigenvalue weighted by Gasteiger charge is -2.24. The van der Waals surface area contributed by atoms with Crippen LogP contribution < -0.4 is 0 Å². The van der Waals surface area contributed by atoms with Crippen molar-refractivity contribution in [2.24, 2.45) is 11.8 Å². The molecule has 0 saturated carbocycles. The van der Waals surface area contributed by atoms with Crippen LogP contribution >= 0.6 is 0 Å². The van der Waals surface area contributed by atoms with Crippen molar-refractivity contribution >= 4 is 11.8 Å². The lowest BCUT2D eigenvalue weighted by atomic mass is 9.81. The first-order chi connectivity index (χ1) is 9.12. The Morgan fingerprint density at radius 2 is 1.47 bits per heavy atom. The molecule has 19 heavy (non-hydrogen) atoms. The summed E-state index contributed by atoms with van der Waals surface area (Å²) in [7, 11) is 0. The summed E-state index contributed by atoms with van der Waals surface area (Å²) >= 11 is 0. The van der Waals surface area contributed by atoms with Crippen LogP contribution in [0.3, 0.4) is 0 Å². The number of hydrogen-bond acceptors (Lipinski definition) is 3. The predicted octanol–water partition coefficient (Wildman–Crippen LogP) is 4.14. The molecule has 0 radical (unpaired) electrons. The van der Waals surface area contributed by atoms with E-state index in [9.17, 15) is 9.59 Å². The largest absolute Gasteiger partial charge is 0.465 e. The summed E-state index contributed by atoms with van der Waals surface area (Å²) in [6.45, 7) is 8.52. The number of ether oxygens (including phenoxy) is 1. The Balaban J connectivity index is 4.71. The molecule has 2 unspecified atom stereocenters. The van der Waals surface area contributed by atoms with Gasteiger partial charge in [-0.3, -0.25) is 9.59 Å². The average Bonchev–Trinajstić information content (AvgIpc) is 2.42. The van der Waals surface area contributed by atoms with Crippen LogP contribution in [0.1, 0.15) is 72.6 Å². The Labute approximate surface area is 118 Å². The molecule has 0 fully saturated rings. The molecule has 0 aliphatic carbocycles. The Morgan fingerprint density at radius 3 is 1.95 bits per heavy atom. The minimum atomic E-state index is -0.241. The molecule has 0 N–H and O–H groups in total. The Bertz CT molecular complexity index is 261. The van der Waals surface area contributed by atoms with Gasteiger partial charge in [-0.05, 0) is 19.3 Å². The van der Waals surface area contributed by atoms with Crippen LogP contribution in [0.5, 0.6) is 0 Å². The third-order valence-corrected chi connectivity index (χ3v) is 3.49. The fraction of sp³-hybridized carbons (Fsp3) is 0.875. The highest BCUT2D eigenvalue weighted by Gasteiger charge is 2.32. The number of hydrogen-bond donors (Lipinski definition) is 0. The lowest BCUT2D eigenvalue weighted by Crippen LogP contribution is -2.31. The van der Waals surface area contributed by atoms with Gasteiger partial charge in [-0.25, -0.2) is 0 Å². The summed E-state index contributed by atoms with van der Waals surface area (Å²) in [5, 5.41) is 0. The second kappa shape index (κ2) is 11.0. The van der Waals surface area contributed by atoms with E-state index in [1.54, 1.807) is 0 Å². The molecule has 0 aromatic heterocycles. The van der Waals surface area contributed by atoms with Crippen molar-refractivity contribution in [1.29, 1.82) is 0 Å². The molecule has 0 aromatic rings. The predicted molar refractivity (Wildman–Crippen MR) is 78.0 cm³/mol. The zero-order chi connectivity index (χ0) is 14.7. The van der Waals surface area contributed by atoms with Gasteiger partial charge in [0.1, 0.15) is 5.78 Å². The van der Waals surface area contributed by atoms with Crippen LogP contribution in [0.2, 0.25) is 0 Å². The van der Waals surface area contributed by atoms with Gasteiger partial charge in [0.15, 0.2) is 0 Å². The molecule has 0 aliphatic heterocycles. The van der Waals surface area contributed by atoms with Crippen LogP contribution in [-0.4, -0.2) is 18.4 Å². The number of ketones is 1. The number of Topliss-reactive ketones (excluding diaryl/α,β-unsaturated/α-hetero) is 1. The number of carbonyl (C=O) groups is 2. The second-order valence-electron chi connectivity index (χ2n) is 5.13. The van der Waals surface area contributed by atoms with Gasteiger partial charge in [0.25, 0.3) is 0 Å². The molecular weight excluding hydrogens is 240 g/mol. The highest BCUT2D eigenvalue weighted by molar-refractivity contribution is 5.86. The third kappa shape index (κ3) is 6.74. The molecule has 3 nitrogen and oxygen atoms in total. The van der Waals surface area contributed by atoms with Crippen molar-refractivity contribution in [3.8, 4) is 0 Å². The van der Waals surface area contributed by atoms with Gasteiger partial charge in [-0.2, -0.15) is 0 Å². The molecule has 3 heteroatoms. The summed E-state index contributed by atoms with van der Waals surface area (Å²) in [5.41, 5.74) is 0.